The molecule has 9 nitrogen and oxygen atoms in total. The molecule has 1 aromatic rings. The summed E-state index contributed by atoms with van der Waals surface area (Å²) >= 11 is 0. The number of aromatic hydroxyl groups is 1. The number of carbonyl (C=O) groups is 3. The number of nitriles is 1. The molecule has 0 radical (unpaired) electrons. The van der Waals surface area contributed by atoms with E-state index in [4.69, 9.17) is 4.74 Å². The minimum atomic E-state index is -1.27. The van der Waals surface area contributed by atoms with Gasteiger partial charge >= 0.3 is 6.09 Å². The molecule has 0 bridgehead atoms. The first kappa shape index (κ1) is 28.8. The Hall–Kier alpha value is -3.28. The summed E-state index contributed by atoms with van der Waals surface area (Å²) in [5, 5.41) is 25.6. The van der Waals surface area contributed by atoms with Crippen LogP contribution < -0.4 is 10.6 Å². The highest BCUT2D eigenvalue weighted by molar-refractivity contribution is 5.92. The van der Waals surface area contributed by atoms with Gasteiger partial charge in [-0.05, 0) is 59.4 Å². The maximum Gasteiger partial charge on any atom is 0.408 e. The summed E-state index contributed by atoms with van der Waals surface area (Å²) in [6, 6.07) is 4.28. The van der Waals surface area contributed by atoms with Crippen LogP contribution in [0.2, 0.25) is 0 Å². The molecule has 0 aromatic heterocycles. The first-order chi connectivity index (χ1) is 15.7. The van der Waals surface area contributed by atoms with Crippen molar-refractivity contribution in [3.63, 3.8) is 0 Å². The van der Waals surface area contributed by atoms with Crippen LogP contribution in [0.1, 0.15) is 72.1 Å². The lowest BCUT2D eigenvalue weighted by molar-refractivity contribution is -0.142. The number of nitrogens with zero attached hydrogens (tertiary/aromatic N) is 2. The van der Waals surface area contributed by atoms with Crippen molar-refractivity contribution < 1.29 is 24.2 Å². The van der Waals surface area contributed by atoms with Gasteiger partial charge in [0.05, 0.1) is 6.07 Å². The van der Waals surface area contributed by atoms with Crippen molar-refractivity contribution in [1.82, 2.24) is 15.5 Å². The number of hydrogen-bond acceptors (Lipinski definition) is 6. The number of carbonyl (C=O) groups excluding carboxylic acids is 3. The number of amides is 3. The first-order valence-electron chi connectivity index (χ1n) is 11.4. The number of phenolic OH excluding ortho intramolecular Hbond substituents is 1. The lowest BCUT2D eigenvalue weighted by atomic mass is 9.97. The minimum absolute atomic E-state index is 0.0168. The molecule has 9 heteroatoms. The van der Waals surface area contributed by atoms with Gasteiger partial charge in [0, 0.05) is 11.6 Å². The van der Waals surface area contributed by atoms with E-state index >= 15 is 0 Å². The third-order valence-corrected chi connectivity index (χ3v) is 4.77. The third kappa shape index (κ3) is 8.58. The predicted octanol–water partition coefficient (Wildman–Crippen LogP) is 3.56. The highest BCUT2D eigenvalue weighted by Crippen LogP contribution is 2.32. The van der Waals surface area contributed by atoms with Crippen LogP contribution in [0, 0.1) is 24.2 Å². The maximum atomic E-state index is 13.7. The van der Waals surface area contributed by atoms with Crippen molar-refractivity contribution in [3.8, 4) is 11.8 Å². The van der Waals surface area contributed by atoms with Crippen LogP contribution in [0.25, 0.3) is 0 Å². The van der Waals surface area contributed by atoms with Gasteiger partial charge in [0.25, 0.3) is 0 Å². The van der Waals surface area contributed by atoms with E-state index in [9.17, 15) is 24.8 Å². The van der Waals surface area contributed by atoms with Crippen LogP contribution >= 0.6 is 0 Å². The van der Waals surface area contributed by atoms with Gasteiger partial charge in [-0.15, -0.1) is 0 Å². The highest BCUT2D eigenvalue weighted by atomic mass is 16.6. The zero-order valence-electron chi connectivity index (χ0n) is 21.4. The van der Waals surface area contributed by atoms with E-state index in [1.165, 1.54) is 0 Å². The molecule has 0 aliphatic heterocycles. The Morgan fingerprint density at radius 3 is 2.26 bits per heavy atom. The van der Waals surface area contributed by atoms with Crippen LogP contribution in [0.5, 0.6) is 5.75 Å². The monoisotopic (exact) mass is 474 g/mol. The number of hydrogen-bond donors (Lipinski definition) is 3. The summed E-state index contributed by atoms with van der Waals surface area (Å²) in [7, 11) is 0. The SMILES string of the molecule is Cc1cccc(C(C(=O)NC(C)C)N(CC#N)C(=O)C(CC(C)C)NC(=O)OC(C)(C)C)c1O. The van der Waals surface area contributed by atoms with Gasteiger partial charge in [-0.3, -0.25) is 9.59 Å². The lowest BCUT2D eigenvalue weighted by Crippen LogP contribution is -2.54. The van der Waals surface area contributed by atoms with Gasteiger partial charge in [0.15, 0.2) is 0 Å². The molecule has 3 N–H and O–H groups in total. The number of para-hydroxylation sites is 1. The molecule has 2 unspecified atom stereocenters. The molecule has 2 atom stereocenters. The molecule has 0 saturated heterocycles. The normalized spacial score (nSPS) is 13.1. The fourth-order valence-corrected chi connectivity index (χ4v) is 3.43. The van der Waals surface area contributed by atoms with Gasteiger partial charge in [0.1, 0.15) is 30.0 Å². The maximum absolute atomic E-state index is 13.7. The number of ether oxygens (including phenoxy) is 1. The van der Waals surface area contributed by atoms with Crippen molar-refractivity contribution in [3.05, 3.63) is 29.3 Å². The molecular weight excluding hydrogens is 436 g/mol. The Kier molecular flexibility index (Phi) is 10.4. The summed E-state index contributed by atoms with van der Waals surface area (Å²) in [6.45, 7) is 13.7. The number of alkyl carbamates (subject to hydrolysis) is 1. The summed E-state index contributed by atoms with van der Waals surface area (Å²) < 4.78 is 5.31. The van der Waals surface area contributed by atoms with Crippen molar-refractivity contribution in [2.75, 3.05) is 6.54 Å². The van der Waals surface area contributed by atoms with E-state index in [2.05, 4.69) is 10.6 Å². The smallest absolute Gasteiger partial charge is 0.408 e. The fourth-order valence-electron chi connectivity index (χ4n) is 3.43. The molecule has 1 aromatic carbocycles. The number of phenols is 1. The second-order valence-corrected chi connectivity index (χ2v) is 10.0. The molecular formula is C25H38N4O5. The van der Waals surface area contributed by atoms with Crippen LogP contribution in [0.15, 0.2) is 18.2 Å². The van der Waals surface area contributed by atoms with Gasteiger partial charge in [-0.2, -0.15) is 5.26 Å². The second-order valence-electron chi connectivity index (χ2n) is 10.0. The largest absolute Gasteiger partial charge is 0.507 e. The zero-order chi connectivity index (χ0) is 26.2. The quantitative estimate of drug-likeness (QED) is 0.469. The molecule has 0 aliphatic carbocycles. The Morgan fingerprint density at radius 1 is 1.15 bits per heavy atom. The van der Waals surface area contributed by atoms with Crippen LogP contribution in [-0.4, -0.2) is 52.1 Å². The lowest BCUT2D eigenvalue weighted by Gasteiger charge is -2.34. The average Bonchev–Trinajstić information content (AvgIpc) is 2.67. The van der Waals surface area contributed by atoms with Crippen LogP contribution in [-0.2, 0) is 14.3 Å². The van der Waals surface area contributed by atoms with Crippen molar-refractivity contribution >= 4 is 17.9 Å². The number of rotatable bonds is 9. The Labute approximate surface area is 202 Å². The van der Waals surface area contributed by atoms with E-state index in [0.29, 0.717) is 5.56 Å². The zero-order valence-corrected chi connectivity index (χ0v) is 21.4. The Bertz CT molecular complexity index is 915. The molecule has 1 rings (SSSR count). The highest BCUT2D eigenvalue weighted by Gasteiger charge is 2.38. The molecule has 0 spiro atoms. The first-order valence-corrected chi connectivity index (χ1v) is 11.4. The molecule has 188 valence electrons. The molecule has 3 amide bonds. The van der Waals surface area contributed by atoms with E-state index < -0.39 is 42.1 Å². The van der Waals surface area contributed by atoms with E-state index in [0.717, 1.165) is 4.90 Å². The molecule has 0 fully saturated rings. The Balaban J connectivity index is 3.51. The van der Waals surface area contributed by atoms with Crippen LogP contribution in [0.4, 0.5) is 4.79 Å². The van der Waals surface area contributed by atoms with Gasteiger partial charge in [0.2, 0.25) is 11.8 Å². The van der Waals surface area contributed by atoms with Crippen molar-refractivity contribution in [2.45, 2.75) is 85.5 Å². The van der Waals surface area contributed by atoms with E-state index in [1.807, 2.05) is 19.9 Å². The Morgan fingerprint density at radius 2 is 1.76 bits per heavy atom. The second kappa shape index (κ2) is 12.3. The summed E-state index contributed by atoms with van der Waals surface area (Å²) in [5.74, 6) is -1.28. The van der Waals surface area contributed by atoms with Crippen molar-refractivity contribution in [1.29, 1.82) is 5.26 Å². The van der Waals surface area contributed by atoms with Gasteiger partial charge in [-0.1, -0.05) is 32.0 Å². The fraction of sp³-hybridized carbons (Fsp3) is 0.600. The number of aryl methyl sites for hydroxylation is 1. The van der Waals surface area contributed by atoms with Gasteiger partial charge < -0.3 is 25.4 Å². The molecule has 0 heterocycles. The minimum Gasteiger partial charge on any atom is -0.507 e. The summed E-state index contributed by atoms with van der Waals surface area (Å²) in [5.41, 5.74) is -0.0494. The van der Waals surface area contributed by atoms with E-state index in [-0.39, 0.29) is 29.7 Å². The third-order valence-electron chi connectivity index (χ3n) is 4.77. The number of benzene rings is 1. The molecule has 0 saturated carbocycles. The van der Waals surface area contributed by atoms with Gasteiger partial charge in [-0.25, -0.2) is 4.79 Å². The summed E-state index contributed by atoms with van der Waals surface area (Å²) in [4.78, 5) is 40.5. The predicted molar refractivity (Wildman–Crippen MR) is 129 cm³/mol. The number of nitrogens with one attached hydrogen (secondary N) is 2. The van der Waals surface area contributed by atoms with Crippen LogP contribution in [0.3, 0.4) is 0 Å². The molecule has 34 heavy (non-hydrogen) atoms. The summed E-state index contributed by atoms with van der Waals surface area (Å²) in [6.07, 6.45) is -0.511. The molecule has 0 aliphatic rings. The van der Waals surface area contributed by atoms with Crippen molar-refractivity contribution in [2.24, 2.45) is 5.92 Å². The standard InChI is InChI=1S/C25H38N4O5/c1-15(2)14-19(28-24(33)34-25(6,7)8)23(32)29(13-12-26)20(22(31)27-16(3)4)18-11-9-10-17(5)21(18)30/h9-11,15-16,19-20,30H,13-14H2,1-8H3,(H,27,31)(H,28,33). The van der Waals surface area contributed by atoms with E-state index in [1.54, 1.807) is 59.7 Å². The average molecular weight is 475 g/mol. The topological polar surface area (TPSA) is 132 Å².